The second-order valence-electron chi connectivity index (χ2n) is 7.35. The Kier molecular flexibility index (Phi) is 5.86. The number of aromatic nitrogens is 2. The number of alkyl halides is 3. The van der Waals surface area contributed by atoms with Crippen LogP contribution in [0, 0.1) is 0 Å². The van der Waals surface area contributed by atoms with E-state index < -0.39 is 11.7 Å². The van der Waals surface area contributed by atoms with E-state index in [-0.39, 0.29) is 5.75 Å². The fourth-order valence-corrected chi connectivity index (χ4v) is 3.42. The van der Waals surface area contributed by atoms with Crippen molar-refractivity contribution in [3.63, 3.8) is 0 Å². The zero-order chi connectivity index (χ0) is 22.7. The minimum absolute atomic E-state index is 0.226. The van der Waals surface area contributed by atoms with Crippen LogP contribution in [0.3, 0.4) is 0 Å². The van der Waals surface area contributed by atoms with Gasteiger partial charge in [0, 0.05) is 18.3 Å². The van der Waals surface area contributed by atoms with E-state index in [1.54, 1.807) is 24.4 Å². The fraction of sp³-hybridized carbons (Fsp3) is 0.115. The highest BCUT2D eigenvalue weighted by Gasteiger charge is 2.30. The van der Waals surface area contributed by atoms with Crippen LogP contribution in [0.25, 0.3) is 34.5 Å². The SMILES string of the molecule is CCn1cc(-c2cccc(C(F)(F)F)c2)nc1C=Cc1ccc(-c2ccc(O)cc2)cc1. The molecular formula is C26H21F3N2O. The zero-order valence-electron chi connectivity index (χ0n) is 17.3. The molecule has 1 heterocycles. The molecule has 0 fully saturated rings. The van der Waals surface area contributed by atoms with Gasteiger partial charge in [0.25, 0.3) is 0 Å². The highest BCUT2D eigenvalue weighted by molar-refractivity contribution is 5.72. The number of hydrogen-bond donors (Lipinski definition) is 1. The number of halogens is 3. The number of phenolic OH excluding ortho intramolecular Hbond substituents is 1. The third-order valence-corrected chi connectivity index (χ3v) is 5.17. The van der Waals surface area contributed by atoms with Gasteiger partial charge in [-0.3, -0.25) is 0 Å². The van der Waals surface area contributed by atoms with Crippen LogP contribution < -0.4 is 0 Å². The lowest BCUT2D eigenvalue weighted by molar-refractivity contribution is -0.137. The summed E-state index contributed by atoms with van der Waals surface area (Å²) in [7, 11) is 0. The molecule has 0 bridgehead atoms. The standard InChI is InChI=1S/C26H21F3N2O/c1-2-31-17-24(21-4-3-5-22(16-21)26(27,28)29)30-25(31)15-8-18-6-9-19(10-7-18)20-11-13-23(32)14-12-20/h3-17,32H,2H2,1H3. The van der Waals surface area contributed by atoms with Crippen LogP contribution in [0.15, 0.2) is 79.0 Å². The second-order valence-corrected chi connectivity index (χ2v) is 7.35. The molecule has 32 heavy (non-hydrogen) atoms. The van der Waals surface area contributed by atoms with Crippen molar-refractivity contribution >= 4 is 12.2 Å². The van der Waals surface area contributed by atoms with E-state index in [0.717, 1.165) is 28.8 Å². The van der Waals surface area contributed by atoms with E-state index in [1.165, 1.54) is 6.07 Å². The molecule has 1 N–H and O–H groups in total. The first-order valence-corrected chi connectivity index (χ1v) is 10.2. The van der Waals surface area contributed by atoms with E-state index in [4.69, 9.17) is 0 Å². The minimum Gasteiger partial charge on any atom is -0.508 e. The Bertz CT molecular complexity index is 1240. The molecule has 0 saturated heterocycles. The number of nitrogens with zero attached hydrogens (tertiary/aromatic N) is 2. The van der Waals surface area contributed by atoms with E-state index in [1.807, 2.05) is 60.0 Å². The lowest BCUT2D eigenvalue weighted by Crippen LogP contribution is -2.04. The van der Waals surface area contributed by atoms with Crippen molar-refractivity contribution in [3.05, 3.63) is 95.9 Å². The summed E-state index contributed by atoms with van der Waals surface area (Å²) in [4.78, 5) is 4.55. The maximum atomic E-state index is 13.0. The monoisotopic (exact) mass is 434 g/mol. The van der Waals surface area contributed by atoms with Gasteiger partial charge in [-0.15, -0.1) is 0 Å². The van der Waals surface area contributed by atoms with Crippen LogP contribution in [0.4, 0.5) is 13.2 Å². The molecule has 1 aromatic heterocycles. The van der Waals surface area contributed by atoms with Gasteiger partial charge in [-0.05, 0) is 54.0 Å². The normalized spacial score (nSPS) is 11.9. The molecule has 4 rings (SSSR count). The number of aromatic hydroxyl groups is 1. The van der Waals surface area contributed by atoms with E-state index in [2.05, 4.69) is 4.98 Å². The molecule has 0 aliphatic carbocycles. The first kappa shape index (κ1) is 21.4. The molecule has 162 valence electrons. The number of imidazole rings is 1. The van der Waals surface area contributed by atoms with E-state index in [9.17, 15) is 18.3 Å². The summed E-state index contributed by atoms with van der Waals surface area (Å²) >= 11 is 0. The van der Waals surface area contributed by atoms with Crippen molar-refractivity contribution in [2.75, 3.05) is 0 Å². The Morgan fingerprint density at radius 1 is 0.875 bits per heavy atom. The van der Waals surface area contributed by atoms with E-state index >= 15 is 0 Å². The molecule has 0 aliphatic rings. The van der Waals surface area contributed by atoms with Crippen LogP contribution in [-0.2, 0) is 12.7 Å². The van der Waals surface area contributed by atoms with Gasteiger partial charge in [-0.25, -0.2) is 4.98 Å². The van der Waals surface area contributed by atoms with Crippen LogP contribution >= 0.6 is 0 Å². The predicted molar refractivity (Wildman–Crippen MR) is 121 cm³/mol. The van der Waals surface area contributed by atoms with Crippen molar-refractivity contribution in [2.24, 2.45) is 0 Å². The van der Waals surface area contributed by atoms with Crippen molar-refractivity contribution in [1.29, 1.82) is 0 Å². The van der Waals surface area contributed by atoms with Gasteiger partial charge in [0.2, 0.25) is 0 Å². The van der Waals surface area contributed by atoms with Gasteiger partial charge in [0.15, 0.2) is 0 Å². The number of hydrogen-bond acceptors (Lipinski definition) is 2. The summed E-state index contributed by atoms with van der Waals surface area (Å²) in [5, 5.41) is 9.43. The topological polar surface area (TPSA) is 38.0 Å². The lowest BCUT2D eigenvalue weighted by Gasteiger charge is -2.07. The molecule has 4 aromatic rings. The fourth-order valence-electron chi connectivity index (χ4n) is 3.42. The molecule has 0 radical (unpaired) electrons. The summed E-state index contributed by atoms with van der Waals surface area (Å²) in [6.45, 7) is 2.60. The number of rotatable bonds is 5. The largest absolute Gasteiger partial charge is 0.508 e. The van der Waals surface area contributed by atoms with Crippen LogP contribution in [0.1, 0.15) is 23.9 Å². The summed E-state index contributed by atoms with van der Waals surface area (Å²) in [6, 6.07) is 20.2. The molecule has 0 spiro atoms. The summed E-state index contributed by atoms with van der Waals surface area (Å²) in [5.41, 5.74) is 3.25. The molecular weight excluding hydrogens is 413 g/mol. The number of benzene rings is 3. The average molecular weight is 434 g/mol. The second kappa shape index (κ2) is 8.75. The smallest absolute Gasteiger partial charge is 0.416 e. The van der Waals surface area contributed by atoms with Gasteiger partial charge >= 0.3 is 6.18 Å². The average Bonchev–Trinajstić information content (AvgIpc) is 3.21. The van der Waals surface area contributed by atoms with Gasteiger partial charge in [-0.2, -0.15) is 13.2 Å². The van der Waals surface area contributed by atoms with Gasteiger partial charge in [-0.1, -0.05) is 54.6 Å². The minimum atomic E-state index is -4.39. The molecule has 0 atom stereocenters. The zero-order valence-corrected chi connectivity index (χ0v) is 17.3. The molecule has 3 aromatic carbocycles. The summed E-state index contributed by atoms with van der Waals surface area (Å²) in [5.74, 6) is 0.895. The molecule has 0 amide bonds. The highest BCUT2D eigenvalue weighted by atomic mass is 19.4. The Hall–Kier alpha value is -3.80. The van der Waals surface area contributed by atoms with Crippen molar-refractivity contribution in [3.8, 4) is 28.1 Å². The Labute approximate surface area is 184 Å². The molecule has 6 heteroatoms. The van der Waals surface area contributed by atoms with Crippen molar-refractivity contribution < 1.29 is 18.3 Å². The van der Waals surface area contributed by atoms with Crippen LogP contribution in [-0.4, -0.2) is 14.7 Å². The van der Waals surface area contributed by atoms with Gasteiger partial charge < -0.3 is 9.67 Å². The highest BCUT2D eigenvalue weighted by Crippen LogP contribution is 2.32. The predicted octanol–water partition coefficient (Wildman–Crippen LogP) is 7.13. The Morgan fingerprint density at radius 3 is 2.16 bits per heavy atom. The third kappa shape index (κ3) is 4.75. The van der Waals surface area contributed by atoms with Crippen LogP contribution in [0.2, 0.25) is 0 Å². The summed E-state index contributed by atoms with van der Waals surface area (Å²) in [6.07, 6.45) is 1.16. The third-order valence-electron chi connectivity index (χ3n) is 5.17. The quantitative estimate of drug-likeness (QED) is 0.363. The lowest BCUT2D eigenvalue weighted by atomic mass is 10.0. The van der Waals surface area contributed by atoms with Crippen LogP contribution in [0.5, 0.6) is 5.75 Å². The van der Waals surface area contributed by atoms with Crippen molar-refractivity contribution in [1.82, 2.24) is 9.55 Å². The maximum Gasteiger partial charge on any atom is 0.416 e. The first-order chi connectivity index (χ1) is 15.3. The van der Waals surface area contributed by atoms with E-state index in [0.29, 0.717) is 23.6 Å². The van der Waals surface area contributed by atoms with Crippen molar-refractivity contribution in [2.45, 2.75) is 19.6 Å². The van der Waals surface area contributed by atoms with Gasteiger partial charge in [0.05, 0.1) is 11.3 Å². The maximum absolute atomic E-state index is 13.0. The summed E-state index contributed by atoms with van der Waals surface area (Å²) < 4.78 is 41.0. The number of phenols is 1. The Balaban J connectivity index is 1.57. The van der Waals surface area contributed by atoms with Gasteiger partial charge in [0.1, 0.15) is 11.6 Å². The number of aryl methyl sites for hydroxylation is 1. The molecule has 0 saturated carbocycles. The first-order valence-electron chi connectivity index (χ1n) is 10.2. The molecule has 0 unspecified atom stereocenters. The molecule has 0 aliphatic heterocycles. The Morgan fingerprint density at radius 2 is 1.53 bits per heavy atom. The molecule has 3 nitrogen and oxygen atoms in total.